The molecule has 1 aromatic heterocycles. The van der Waals surface area contributed by atoms with Gasteiger partial charge in [0.2, 0.25) is 5.91 Å². The second-order valence-electron chi connectivity index (χ2n) is 7.85. The molecule has 0 aliphatic carbocycles. The van der Waals surface area contributed by atoms with Gasteiger partial charge < -0.3 is 14.5 Å². The second kappa shape index (κ2) is 8.63. The van der Waals surface area contributed by atoms with Crippen LogP contribution < -0.4 is 4.74 Å². The monoisotopic (exact) mass is 397 g/mol. The minimum Gasteiger partial charge on any atom is -0.497 e. The zero-order valence-electron chi connectivity index (χ0n) is 16.8. The highest BCUT2D eigenvalue weighted by Gasteiger charge is 2.29. The fourth-order valence-electron chi connectivity index (χ4n) is 4.16. The van der Waals surface area contributed by atoms with Crippen molar-refractivity contribution in [3.63, 3.8) is 0 Å². The molecule has 0 unspecified atom stereocenters. The molecule has 0 bridgehead atoms. The number of rotatable bonds is 6. The Kier molecular flexibility index (Phi) is 5.78. The van der Waals surface area contributed by atoms with Crippen molar-refractivity contribution >= 4 is 11.8 Å². The number of benzene rings is 1. The molecule has 0 N–H and O–H groups in total. The van der Waals surface area contributed by atoms with Crippen LogP contribution in [0.5, 0.6) is 5.75 Å². The number of likely N-dealkylation sites (tertiary alicyclic amines) is 2. The van der Waals surface area contributed by atoms with Crippen LogP contribution in [0.1, 0.15) is 41.7 Å². The molecule has 3 heterocycles. The Labute approximate surface area is 170 Å². The summed E-state index contributed by atoms with van der Waals surface area (Å²) in [5, 5.41) is 8.21. The van der Waals surface area contributed by atoms with Crippen LogP contribution in [0, 0.1) is 5.92 Å². The molecule has 2 saturated heterocycles. The van der Waals surface area contributed by atoms with Crippen LogP contribution in [0.3, 0.4) is 0 Å². The molecule has 2 aliphatic heterocycles. The summed E-state index contributed by atoms with van der Waals surface area (Å²) in [6, 6.07) is 7.74. The van der Waals surface area contributed by atoms with Crippen LogP contribution in [0.2, 0.25) is 0 Å². The highest BCUT2D eigenvalue weighted by molar-refractivity contribution is 5.92. The lowest BCUT2D eigenvalue weighted by molar-refractivity contribution is -0.128. The van der Waals surface area contributed by atoms with Crippen molar-refractivity contribution in [2.45, 2.75) is 32.2 Å². The number of carbonyl (C=O) groups excluding carboxylic acids is 2. The first-order chi connectivity index (χ1) is 14.1. The van der Waals surface area contributed by atoms with E-state index in [1.807, 2.05) is 34.1 Å². The van der Waals surface area contributed by atoms with Gasteiger partial charge in [-0.3, -0.25) is 9.59 Å². The third-order valence-electron chi connectivity index (χ3n) is 5.72. The maximum Gasteiger partial charge on any atom is 0.276 e. The number of amides is 2. The topological polar surface area (TPSA) is 80.6 Å². The van der Waals surface area contributed by atoms with Crippen molar-refractivity contribution in [3.05, 3.63) is 41.7 Å². The molecule has 8 nitrogen and oxygen atoms in total. The molecule has 29 heavy (non-hydrogen) atoms. The number of carbonyl (C=O) groups is 2. The Balaban J connectivity index is 1.35. The fourth-order valence-corrected chi connectivity index (χ4v) is 4.16. The first-order valence-electron chi connectivity index (χ1n) is 10.2. The Morgan fingerprint density at radius 2 is 2.03 bits per heavy atom. The van der Waals surface area contributed by atoms with E-state index in [-0.39, 0.29) is 11.8 Å². The lowest BCUT2D eigenvalue weighted by atomic mass is 9.97. The zero-order chi connectivity index (χ0) is 20.2. The molecule has 8 heteroatoms. The SMILES string of the molecule is COc1ccc(Cn2cc(C(=O)N3CCC[C@H](CN4CCCC4=O)C3)nn2)cc1. The Morgan fingerprint density at radius 1 is 1.21 bits per heavy atom. The lowest BCUT2D eigenvalue weighted by Gasteiger charge is -2.34. The fraction of sp³-hybridized carbons (Fsp3) is 0.524. The van der Waals surface area contributed by atoms with E-state index in [4.69, 9.17) is 4.74 Å². The van der Waals surface area contributed by atoms with Gasteiger partial charge in [0.1, 0.15) is 5.75 Å². The highest BCUT2D eigenvalue weighted by Crippen LogP contribution is 2.21. The van der Waals surface area contributed by atoms with Gasteiger partial charge in [-0.15, -0.1) is 5.10 Å². The average molecular weight is 397 g/mol. The molecule has 0 radical (unpaired) electrons. The second-order valence-corrected chi connectivity index (χ2v) is 7.85. The Morgan fingerprint density at radius 3 is 2.76 bits per heavy atom. The van der Waals surface area contributed by atoms with E-state index in [1.165, 1.54) is 0 Å². The van der Waals surface area contributed by atoms with E-state index in [9.17, 15) is 9.59 Å². The number of nitrogens with zero attached hydrogens (tertiary/aromatic N) is 5. The van der Waals surface area contributed by atoms with Crippen molar-refractivity contribution in [1.29, 1.82) is 0 Å². The van der Waals surface area contributed by atoms with Gasteiger partial charge in [0, 0.05) is 32.6 Å². The van der Waals surface area contributed by atoms with E-state index >= 15 is 0 Å². The van der Waals surface area contributed by atoms with Crippen molar-refractivity contribution < 1.29 is 14.3 Å². The van der Waals surface area contributed by atoms with Gasteiger partial charge >= 0.3 is 0 Å². The summed E-state index contributed by atoms with van der Waals surface area (Å²) in [6.07, 6.45) is 5.33. The van der Waals surface area contributed by atoms with Crippen molar-refractivity contribution in [3.8, 4) is 5.75 Å². The van der Waals surface area contributed by atoms with Gasteiger partial charge in [-0.1, -0.05) is 17.3 Å². The minimum absolute atomic E-state index is 0.0802. The maximum atomic E-state index is 12.9. The molecular weight excluding hydrogens is 370 g/mol. The number of hydrogen-bond acceptors (Lipinski definition) is 5. The van der Waals surface area contributed by atoms with Gasteiger partial charge in [0.25, 0.3) is 5.91 Å². The maximum absolute atomic E-state index is 12.9. The first-order valence-corrected chi connectivity index (χ1v) is 10.2. The summed E-state index contributed by atoms with van der Waals surface area (Å²) in [7, 11) is 1.64. The van der Waals surface area contributed by atoms with E-state index in [0.29, 0.717) is 31.1 Å². The quantitative estimate of drug-likeness (QED) is 0.743. The smallest absolute Gasteiger partial charge is 0.276 e. The largest absolute Gasteiger partial charge is 0.497 e. The van der Waals surface area contributed by atoms with E-state index in [2.05, 4.69) is 10.3 Å². The Hall–Kier alpha value is -2.90. The van der Waals surface area contributed by atoms with Crippen LogP contribution in [-0.2, 0) is 11.3 Å². The molecule has 2 fully saturated rings. The van der Waals surface area contributed by atoms with E-state index in [1.54, 1.807) is 18.0 Å². The molecule has 2 amide bonds. The van der Waals surface area contributed by atoms with Crippen molar-refractivity contribution in [1.82, 2.24) is 24.8 Å². The standard InChI is InChI=1S/C21H27N5O3/c1-29-18-8-6-16(7-9-18)14-26-15-19(22-23-26)21(28)25-11-2-4-17(13-25)12-24-10-3-5-20(24)27/h6-9,15,17H,2-5,10-14H2,1H3/t17-/m1/s1. The average Bonchev–Trinajstić information content (AvgIpc) is 3.37. The number of aromatic nitrogens is 3. The van der Waals surface area contributed by atoms with E-state index in [0.717, 1.165) is 50.2 Å². The Bertz CT molecular complexity index is 863. The summed E-state index contributed by atoms with van der Waals surface area (Å²) >= 11 is 0. The van der Waals surface area contributed by atoms with Crippen LogP contribution in [0.25, 0.3) is 0 Å². The molecule has 0 spiro atoms. The predicted octanol–water partition coefficient (Wildman–Crippen LogP) is 1.81. The molecular formula is C21H27N5O3. The zero-order valence-corrected chi connectivity index (χ0v) is 16.8. The van der Waals surface area contributed by atoms with Gasteiger partial charge in [0.15, 0.2) is 5.69 Å². The number of methoxy groups -OCH3 is 1. The van der Waals surface area contributed by atoms with Crippen LogP contribution in [0.4, 0.5) is 0 Å². The molecule has 2 aromatic rings. The minimum atomic E-state index is -0.0802. The number of hydrogen-bond donors (Lipinski definition) is 0. The van der Waals surface area contributed by atoms with Crippen LogP contribution in [-0.4, -0.2) is 69.9 Å². The van der Waals surface area contributed by atoms with Gasteiger partial charge in [-0.2, -0.15) is 0 Å². The third kappa shape index (κ3) is 4.58. The molecule has 4 rings (SSSR count). The van der Waals surface area contributed by atoms with Crippen molar-refractivity contribution in [2.24, 2.45) is 5.92 Å². The van der Waals surface area contributed by atoms with Gasteiger partial charge in [0.05, 0.1) is 19.9 Å². The third-order valence-corrected chi connectivity index (χ3v) is 5.72. The van der Waals surface area contributed by atoms with Crippen molar-refractivity contribution in [2.75, 3.05) is 33.3 Å². The summed E-state index contributed by atoms with van der Waals surface area (Å²) in [5.74, 6) is 1.31. The summed E-state index contributed by atoms with van der Waals surface area (Å²) in [5.41, 5.74) is 1.43. The predicted molar refractivity (Wildman–Crippen MR) is 107 cm³/mol. The highest BCUT2D eigenvalue weighted by atomic mass is 16.5. The summed E-state index contributed by atoms with van der Waals surface area (Å²) in [4.78, 5) is 28.6. The summed E-state index contributed by atoms with van der Waals surface area (Å²) in [6.45, 7) is 3.56. The molecule has 1 atom stereocenters. The number of piperidine rings is 1. The van der Waals surface area contributed by atoms with Gasteiger partial charge in [-0.05, 0) is 42.9 Å². The van der Waals surface area contributed by atoms with E-state index < -0.39 is 0 Å². The molecule has 1 aromatic carbocycles. The molecule has 2 aliphatic rings. The molecule has 0 saturated carbocycles. The lowest BCUT2D eigenvalue weighted by Crippen LogP contribution is -2.44. The van der Waals surface area contributed by atoms with Crippen LogP contribution >= 0.6 is 0 Å². The van der Waals surface area contributed by atoms with Crippen LogP contribution in [0.15, 0.2) is 30.5 Å². The summed E-state index contributed by atoms with van der Waals surface area (Å²) < 4.78 is 6.85. The normalized spacial score (nSPS) is 19.6. The van der Waals surface area contributed by atoms with Gasteiger partial charge in [-0.25, -0.2) is 4.68 Å². The number of ether oxygens (including phenoxy) is 1. The first kappa shape index (κ1) is 19.4. The molecule has 154 valence electrons.